The van der Waals surface area contributed by atoms with Crippen molar-refractivity contribution in [1.29, 1.82) is 0 Å². The Hall–Kier alpha value is -2.82. The monoisotopic (exact) mass is 407 g/mol. The van der Waals surface area contributed by atoms with Crippen LogP contribution in [0.25, 0.3) is 0 Å². The fraction of sp³-hybridized carbons (Fsp3) is 0.440. The van der Waals surface area contributed by atoms with E-state index in [4.69, 9.17) is 9.47 Å². The van der Waals surface area contributed by atoms with Crippen molar-refractivity contribution in [2.75, 3.05) is 26.3 Å². The molecule has 0 bridgehead atoms. The zero-order valence-corrected chi connectivity index (χ0v) is 17.5. The van der Waals surface area contributed by atoms with Gasteiger partial charge in [-0.25, -0.2) is 0 Å². The first-order valence-corrected chi connectivity index (χ1v) is 10.9. The first kappa shape index (κ1) is 20.5. The van der Waals surface area contributed by atoms with Gasteiger partial charge in [0, 0.05) is 19.5 Å². The summed E-state index contributed by atoms with van der Waals surface area (Å²) in [6, 6.07) is 16.1. The lowest BCUT2D eigenvalue weighted by Crippen LogP contribution is -2.35. The van der Waals surface area contributed by atoms with E-state index in [1.807, 2.05) is 48.2 Å². The van der Waals surface area contributed by atoms with E-state index in [1.54, 1.807) is 0 Å². The second-order valence-corrected chi connectivity index (χ2v) is 8.09. The van der Waals surface area contributed by atoms with Crippen molar-refractivity contribution in [2.24, 2.45) is 11.8 Å². The number of nitrogens with zero attached hydrogens (tertiary/aromatic N) is 1. The molecule has 1 aliphatic carbocycles. The summed E-state index contributed by atoms with van der Waals surface area (Å²) in [6.45, 7) is 4.09. The number of esters is 1. The predicted octanol–water partition coefficient (Wildman–Crippen LogP) is 3.90. The minimum absolute atomic E-state index is 0.00341. The second-order valence-electron chi connectivity index (χ2n) is 8.09. The molecule has 0 saturated heterocycles. The van der Waals surface area contributed by atoms with Crippen LogP contribution < -0.4 is 4.74 Å². The Labute approximate surface area is 178 Å². The van der Waals surface area contributed by atoms with Gasteiger partial charge >= 0.3 is 5.97 Å². The standard InChI is InChI=1S/C25H29NO4/c1-2-29-25(28)22-16-20(22)17-26(14-7-10-18-8-4-3-5-9-18)24(27)21-12-6-11-19-13-15-30-23(19)21/h3-6,8-9,11-12,20,22H,2,7,10,13-17H2,1H3/t20-,22-/m0/s1. The van der Waals surface area contributed by atoms with Crippen molar-refractivity contribution in [1.82, 2.24) is 4.90 Å². The van der Waals surface area contributed by atoms with Crippen LogP contribution >= 0.6 is 0 Å². The first-order chi connectivity index (χ1) is 14.7. The predicted molar refractivity (Wildman–Crippen MR) is 115 cm³/mol. The average molecular weight is 408 g/mol. The van der Waals surface area contributed by atoms with Crippen molar-refractivity contribution in [3.63, 3.8) is 0 Å². The molecule has 2 aromatic rings. The fourth-order valence-corrected chi connectivity index (χ4v) is 4.22. The van der Waals surface area contributed by atoms with Crippen molar-refractivity contribution >= 4 is 11.9 Å². The summed E-state index contributed by atoms with van der Waals surface area (Å²) in [6.07, 6.45) is 3.44. The van der Waals surface area contributed by atoms with Gasteiger partial charge in [0.2, 0.25) is 0 Å². The van der Waals surface area contributed by atoms with E-state index in [0.29, 0.717) is 31.9 Å². The van der Waals surface area contributed by atoms with E-state index in [9.17, 15) is 9.59 Å². The van der Waals surface area contributed by atoms with Gasteiger partial charge < -0.3 is 14.4 Å². The number of aryl methyl sites for hydroxylation is 1. The molecular formula is C25H29NO4. The van der Waals surface area contributed by atoms with Crippen LogP contribution in [0.5, 0.6) is 5.75 Å². The molecule has 5 heteroatoms. The van der Waals surface area contributed by atoms with Gasteiger partial charge in [-0.15, -0.1) is 0 Å². The van der Waals surface area contributed by atoms with Gasteiger partial charge in [-0.2, -0.15) is 0 Å². The van der Waals surface area contributed by atoms with Crippen LogP contribution in [-0.4, -0.2) is 43.1 Å². The van der Waals surface area contributed by atoms with Gasteiger partial charge in [0.25, 0.3) is 5.91 Å². The van der Waals surface area contributed by atoms with Crippen molar-refractivity contribution < 1.29 is 19.1 Å². The Balaban J connectivity index is 1.45. The summed E-state index contributed by atoms with van der Waals surface area (Å²) in [7, 11) is 0. The molecule has 5 nitrogen and oxygen atoms in total. The van der Waals surface area contributed by atoms with E-state index in [0.717, 1.165) is 37.0 Å². The van der Waals surface area contributed by atoms with E-state index < -0.39 is 0 Å². The number of benzene rings is 2. The molecule has 0 unspecified atom stereocenters. The van der Waals surface area contributed by atoms with Gasteiger partial charge in [0.05, 0.1) is 24.7 Å². The molecule has 4 rings (SSSR count). The molecule has 30 heavy (non-hydrogen) atoms. The number of rotatable bonds is 9. The van der Waals surface area contributed by atoms with Gasteiger partial charge in [0.15, 0.2) is 0 Å². The number of carbonyl (C=O) groups excluding carboxylic acids is 2. The van der Waals surface area contributed by atoms with Crippen molar-refractivity contribution in [3.8, 4) is 5.75 Å². The summed E-state index contributed by atoms with van der Waals surface area (Å²) in [5, 5.41) is 0. The molecule has 1 amide bonds. The summed E-state index contributed by atoms with van der Waals surface area (Å²) in [5.74, 6) is 0.697. The normalized spacial score (nSPS) is 19.0. The van der Waals surface area contributed by atoms with E-state index in [2.05, 4.69) is 12.1 Å². The quantitative estimate of drug-likeness (QED) is 0.592. The molecule has 2 aromatic carbocycles. The number of ether oxygens (including phenoxy) is 2. The third-order valence-electron chi connectivity index (χ3n) is 5.94. The highest BCUT2D eigenvalue weighted by atomic mass is 16.5. The van der Waals surface area contributed by atoms with Crippen LogP contribution in [0.2, 0.25) is 0 Å². The van der Waals surface area contributed by atoms with Crippen LogP contribution in [0.1, 0.15) is 41.3 Å². The third kappa shape index (κ3) is 4.66. The molecule has 1 fully saturated rings. The molecule has 1 aliphatic heterocycles. The number of amides is 1. The molecule has 0 aromatic heterocycles. The third-order valence-corrected chi connectivity index (χ3v) is 5.94. The SMILES string of the molecule is CCOC(=O)[C@H]1C[C@H]1CN(CCCc1ccccc1)C(=O)c1cccc2c1OCC2. The van der Waals surface area contributed by atoms with Gasteiger partial charge in [-0.05, 0) is 49.3 Å². The highest BCUT2D eigenvalue weighted by Gasteiger charge is 2.45. The van der Waals surface area contributed by atoms with Gasteiger partial charge in [-0.3, -0.25) is 9.59 Å². The van der Waals surface area contributed by atoms with Crippen molar-refractivity contribution in [2.45, 2.75) is 32.6 Å². The Morgan fingerprint density at radius 3 is 2.77 bits per heavy atom. The molecule has 1 saturated carbocycles. The minimum Gasteiger partial charge on any atom is -0.492 e. The van der Waals surface area contributed by atoms with Crippen molar-refractivity contribution in [3.05, 3.63) is 65.2 Å². The van der Waals surface area contributed by atoms with Crippen LogP contribution in [0.15, 0.2) is 48.5 Å². The second kappa shape index (κ2) is 9.33. The summed E-state index contributed by atoms with van der Waals surface area (Å²) in [4.78, 5) is 27.4. The Morgan fingerprint density at radius 1 is 1.13 bits per heavy atom. The highest BCUT2D eigenvalue weighted by Crippen LogP contribution is 2.40. The molecule has 2 aliphatic rings. The molecule has 2 atom stereocenters. The van der Waals surface area contributed by atoms with E-state index in [-0.39, 0.29) is 23.7 Å². The number of carbonyl (C=O) groups is 2. The molecular weight excluding hydrogens is 378 g/mol. The largest absolute Gasteiger partial charge is 0.492 e. The highest BCUT2D eigenvalue weighted by molar-refractivity contribution is 5.97. The average Bonchev–Trinajstić information content (AvgIpc) is 3.37. The van der Waals surface area contributed by atoms with Crippen LogP contribution in [-0.2, 0) is 22.4 Å². The summed E-state index contributed by atoms with van der Waals surface area (Å²) < 4.78 is 10.9. The molecule has 0 spiro atoms. The topological polar surface area (TPSA) is 55.8 Å². The van der Waals surface area contributed by atoms with Crippen LogP contribution in [0.4, 0.5) is 0 Å². The molecule has 158 valence electrons. The number of hydrogen-bond acceptors (Lipinski definition) is 4. The number of para-hydroxylation sites is 1. The first-order valence-electron chi connectivity index (χ1n) is 10.9. The Kier molecular flexibility index (Phi) is 6.36. The van der Waals surface area contributed by atoms with Gasteiger partial charge in [0.1, 0.15) is 5.75 Å². The van der Waals surface area contributed by atoms with E-state index >= 15 is 0 Å². The maximum Gasteiger partial charge on any atom is 0.309 e. The molecule has 1 heterocycles. The lowest BCUT2D eigenvalue weighted by Gasteiger charge is -2.24. The molecule has 0 N–H and O–H groups in total. The maximum atomic E-state index is 13.4. The molecule has 0 radical (unpaired) electrons. The van der Waals surface area contributed by atoms with Crippen LogP contribution in [0, 0.1) is 11.8 Å². The van der Waals surface area contributed by atoms with Crippen LogP contribution in [0.3, 0.4) is 0 Å². The minimum atomic E-state index is -0.136. The number of hydrogen-bond donors (Lipinski definition) is 0. The summed E-state index contributed by atoms with van der Waals surface area (Å²) in [5.41, 5.74) is 3.00. The van der Waals surface area contributed by atoms with Gasteiger partial charge in [-0.1, -0.05) is 42.5 Å². The maximum absolute atomic E-state index is 13.4. The Bertz CT molecular complexity index is 895. The lowest BCUT2D eigenvalue weighted by molar-refractivity contribution is -0.145. The zero-order valence-electron chi connectivity index (χ0n) is 17.5. The lowest BCUT2D eigenvalue weighted by atomic mass is 10.1. The number of fused-ring (bicyclic) bond motifs is 1. The fourth-order valence-electron chi connectivity index (χ4n) is 4.22. The smallest absolute Gasteiger partial charge is 0.309 e. The zero-order chi connectivity index (χ0) is 20.9. The Morgan fingerprint density at radius 2 is 1.97 bits per heavy atom. The van der Waals surface area contributed by atoms with E-state index in [1.165, 1.54) is 5.56 Å². The summed E-state index contributed by atoms with van der Waals surface area (Å²) >= 11 is 0.